The minimum Gasteiger partial charge on any atom is -0.490 e. The molecule has 0 heterocycles. The van der Waals surface area contributed by atoms with Crippen molar-refractivity contribution in [2.24, 2.45) is 0 Å². The Labute approximate surface area is 266 Å². The van der Waals surface area contributed by atoms with Crippen molar-refractivity contribution in [2.45, 2.75) is 20.1 Å². The SMILES string of the molecule is CCOc1cc(/C=C(\C#N)C(=O)Nc2ccc(OCc3ccc(Cl)cc3)cc2)cc(I)c1OCc1cccc([N+](=O)[O-])c1. The minimum atomic E-state index is -0.573. The Morgan fingerprint density at radius 1 is 1.00 bits per heavy atom. The highest BCUT2D eigenvalue weighted by molar-refractivity contribution is 14.1. The molecule has 0 aromatic heterocycles. The number of hydrogen-bond acceptors (Lipinski definition) is 7. The molecule has 0 saturated carbocycles. The molecule has 0 aliphatic carbocycles. The maximum atomic E-state index is 12.9. The summed E-state index contributed by atoms with van der Waals surface area (Å²) in [6.07, 6.45) is 1.47. The Balaban J connectivity index is 1.44. The van der Waals surface area contributed by atoms with E-state index in [-0.39, 0.29) is 17.9 Å². The highest BCUT2D eigenvalue weighted by Crippen LogP contribution is 2.36. The van der Waals surface area contributed by atoms with Crippen molar-refractivity contribution in [1.29, 1.82) is 5.26 Å². The number of carbonyl (C=O) groups is 1. The second-order valence-corrected chi connectivity index (χ2v) is 10.6. The van der Waals surface area contributed by atoms with Gasteiger partial charge in [0.15, 0.2) is 11.5 Å². The molecule has 0 aliphatic heterocycles. The average Bonchev–Trinajstić information content (AvgIpc) is 3.00. The van der Waals surface area contributed by atoms with Gasteiger partial charge in [-0.05, 0) is 101 Å². The normalized spacial score (nSPS) is 10.9. The number of non-ortho nitro benzene ring substituents is 1. The fourth-order valence-electron chi connectivity index (χ4n) is 3.89. The number of anilines is 1. The lowest BCUT2D eigenvalue weighted by Gasteiger charge is -2.15. The quantitative estimate of drug-likeness (QED) is 0.0521. The molecular weight excluding hydrogens is 685 g/mol. The molecule has 0 radical (unpaired) electrons. The van der Waals surface area contributed by atoms with Crippen molar-refractivity contribution >= 4 is 57.5 Å². The molecule has 0 bridgehead atoms. The molecule has 11 heteroatoms. The van der Waals surface area contributed by atoms with Crippen LogP contribution in [0.1, 0.15) is 23.6 Å². The number of rotatable bonds is 12. The third kappa shape index (κ3) is 8.94. The van der Waals surface area contributed by atoms with Crippen molar-refractivity contribution in [3.63, 3.8) is 0 Å². The summed E-state index contributed by atoms with van der Waals surface area (Å²) in [4.78, 5) is 23.5. The number of benzene rings is 4. The van der Waals surface area contributed by atoms with E-state index < -0.39 is 10.8 Å². The zero-order valence-corrected chi connectivity index (χ0v) is 25.8. The first-order valence-electron chi connectivity index (χ1n) is 13.0. The van der Waals surface area contributed by atoms with Gasteiger partial charge >= 0.3 is 0 Å². The van der Waals surface area contributed by atoms with Gasteiger partial charge in [0.1, 0.15) is 30.6 Å². The number of nitrogens with zero attached hydrogens (tertiary/aromatic N) is 2. The largest absolute Gasteiger partial charge is 0.490 e. The van der Waals surface area contributed by atoms with Crippen LogP contribution in [0.15, 0.2) is 90.5 Å². The van der Waals surface area contributed by atoms with E-state index in [1.54, 1.807) is 60.7 Å². The lowest BCUT2D eigenvalue weighted by atomic mass is 10.1. The Morgan fingerprint density at radius 3 is 2.40 bits per heavy atom. The Kier molecular flexibility index (Phi) is 11.0. The number of carbonyl (C=O) groups excluding carboxylic acids is 1. The molecule has 9 nitrogen and oxygen atoms in total. The number of nitro benzene ring substituents is 1. The molecule has 43 heavy (non-hydrogen) atoms. The zero-order valence-electron chi connectivity index (χ0n) is 22.9. The molecule has 4 aromatic carbocycles. The van der Waals surface area contributed by atoms with Gasteiger partial charge < -0.3 is 19.5 Å². The van der Waals surface area contributed by atoms with Gasteiger partial charge in [0.2, 0.25) is 0 Å². The maximum Gasteiger partial charge on any atom is 0.269 e. The predicted molar refractivity (Wildman–Crippen MR) is 172 cm³/mol. The molecule has 0 aliphatic rings. The third-order valence-electron chi connectivity index (χ3n) is 5.94. The Morgan fingerprint density at radius 2 is 1.72 bits per heavy atom. The van der Waals surface area contributed by atoms with Crippen LogP contribution in [0, 0.1) is 25.0 Å². The minimum absolute atomic E-state index is 0.0259. The van der Waals surface area contributed by atoms with Crippen LogP contribution in [-0.2, 0) is 18.0 Å². The second-order valence-electron chi connectivity index (χ2n) is 9.04. The van der Waals surface area contributed by atoms with Crippen LogP contribution in [0.2, 0.25) is 5.02 Å². The van der Waals surface area contributed by atoms with Crippen molar-refractivity contribution in [2.75, 3.05) is 11.9 Å². The van der Waals surface area contributed by atoms with E-state index in [0.717, 1.165) is 5.56 Å². The number of hydrogen-bond donors (Lipinski definition) is 1. The molecule has 0 saturated heterocycles. The van der Waals surface area contributed by atoms with E-state index in [2.05, 4.69) is 27.9 Å². The average molecular weight is 710 g/mol. The van der Waals surface area contributed by atoms with Gasteiger partial charge in [0, 0.05) is 22.8 Å². The maximum absolute atomic E-state index is 12.9. The summed E-state index contributed by atoms with van der Waals surface area (Å²) in [5, 5.41) is 24.2. The van der Waals surface area contributed by atoms with Gasteiger partial charge in [-0.1, -0.05) is 35.9 Å². The smallest absolute Gasteiger partial charge is 0.269 e. The van der Waals surface area contributed by atoms with Gasteiger partial charge in [0.05, 0.1) is 15.1 Å². The van der Waals surface area contributed by atoms with Crippen molar-refractivity contribution in [3.05, 3.63) is 126 Å². The van der Waals surface area contributed by atoms with Crippen molar-refractivity contribution in [3.8, 4) is 23.3 Å². The fourth-order valence-corrected chi connectivity index (χ4v) is 4.79. The molecule has 0 unspecified atom stereocenters. The van der Waals surface area contributed by atoms with E-state index in [0.29, 0.717) is 55.9 Å². The summed E-state index contributed by atoms with van der Waals surface area (Å²) in [5.74, 6) is 0.913. The number of nitriles is 1. The van der Waals surface area contributed by atoms with Gasteiger partial charge in [0.25, 0.3) is 11.6 Å². The molecule has 1 N–H and O–H groups in total. The van der Waals surface area contributed by atoms with Crippen LogP contribution >= 0.6 is 34.2 Å². The topological polar surface area (TPSA) is 124 Å². The summed E-state index contributed by atoms with van der Waals surface area (Å²) >= 11 is 7.99. The molecule has 0 atom stereocenters. The number of nitro groups is 1. The number of ether oxygens (including phenoxy) is 3. The summed E-state index contributed by atoms with van der Waals surface area (Å²) in [6.45, 7) is 2.62. The van der Waals surface area contributed by atoms with E-state index in [4.69, 9.17) is 25.8 Å². The zero-order chi connectivity index (χ0) is 30.8. The molecule has 0 spiro atoms. The molecule has 4 aromatic rings. The van der Waals surface area contributed by atoms with Crippen LogP contribution in [-0.4, -0.2) is 17.4 Å². The highest BCUT2D eigenvalue weighted by atomic mass is 127. The van der Waals surface area contributed by atoms with Gasteiger partial charge in [-0.15, -0.1) is 0 Å². The first-order valence-corrected chi connectivity index (χ1v) is 14.4. The fraction of sp³-hybridized carbons (Fsp3) is 0.125. The number of amides is 1. The molecule has 1 amide bonds. The lowest BCUT2D eigenvalue weighted by Crippen LogP contribution is -2.13. The van der Waals surface area contributed by atoms with E-state index in [1.165, 1.54) is 18.2 Å². The molecule has 218 valence electrons. The highest BCUT2D eigenvalue weighted by Gasteiger charge is 2.16. The number of halogens is 2. The van der Waals surface area contributed by atoms with Crippen LogP contribution < -0.4 is 19.5 Å². The number of nitrogens with one attached hydrogen (secondary N) is 1. The first kappa shape index (κ1) is 31.3. The molecule has 4 rings (SSSR count). The summed E-state index contributed by atoms with van der Waals surface area (Å²) in [6, 6.07) is 25.8. The van der Waals surface area contributed by atoms with Crippen molar-refractivity contribution in [1.82, 2.24) is 0 Å². The lowest BCUT2D eigenvalue weighted by molar-refractivity contribution is -0.384. The molecule has 0 fully saturated rings. The van der Waals surface area contributed by atoms with Gasteiger partial charge in [-0.2, -0.15) is 5.26 Å². The van der Waals surface area contributed by atoms with Gasteiger partial charge in [-0.3, -0.25) is 14.9 Å². The van der Waals surface area contributed by atoms with Crippen LogP contribution in [0.5, 0.6) is 17.2 Å². The summed E-state index contributed by atoms with van der Waals surface area (Å²) in [7, 11) is 0. The summed E-state index contributed by atoms with van der Waals surface area (Å²) in [5.41, 5.74) is 2.53. The van der Waals surface area contributed by atoms with Crippen LogP contribution in [0.3, 0.4) is 0 Å². The second kappa shape index (κ2) is 15.0. The molecular formula is C32H25ClIN3O6. The van der Waals surface area contributed by atoms with E-state index >= 15 is 0 Å². The first-order chi connectivity index (χ1) is 20.7. The Hall–Kier alpha value is -4.60. The van der Waals surface area contributed by atoms with E-state index in [1.807, 2.05) is 25.1 Å². The monoisotopic (exact) mass is 709 g/mol. The standard InChI is InChI=1S/C32H25ClIN3O6/c1-2-41-30-17-23(16-29(34)31(30)43-20-22-4-3-5-27(15-22)37(39)40)14-24(18-35)32(38)36-26-10-12-28(13-11-26)42-19-21-6-8-25(33)9-7-21/h3-17H,2,19-20H2,1H3,(H,36,38)/b24-14+. The van der Waals surface area contributed by atoms with Crippen LogP contribution in [0.25, 0.3) is 6.08 Å². The summed E-state index contributed by atoms with van der Waals surface area (Å²) < 4.78 is 18.2. The Bertz CT molecular complexity index is 1690. The van der Waals surface area contributed by atoms with Gasteiger partial charge in [-0.25, -0.2) is 0 Å². The van der Waals surface area contributed by atoms with Crippen LogP contribution in [0.4, 0.5) is 11.4 Å². The predicted octanol–water partition coefficient (Wildman–Crippen LogP) is 7.96. The van der Waals surface area contributed by atoms with Crippen molar-refractivity contribution < 1.29 is 23.9 Å². The third-order valence-corrected chi connectivity index (χ3v) is 7.00. The van der Waals surface area contributed by atoms with E-state index in [9.17, 15) is 20.2 Å².